The van der Waals surface area contributed by atoms with Crippen LogP contribution in [0.3, 0.4) is 0 Å². The molecule has 6 heteroatoms. The topological polar surface area (TPSA) is 58.1 Å². The molecule has 2 aromatic heterocycles. The highest BCUT2D eigenvalue weighted by Gasteiger charge is 2.26. The molecule has 1 N–H and O–H groups in total. The Kier molecular flexibility index (Phi) is 5.39. The largest absolute Gasteiger partial charge is 0.355 e. The van der Waals surface area contributed by atoms with Crippen LogP contribution in [-0.2, 0) is 4.79 Å². The summed E-state index contributed by atoms with van der Waals surface area (Å²) in [5.41, 5.74) is 4.12. The van der Waals surface area contributed by atoms with Crippen molar-refractivity contribution in [3.05, 3.63) is 59.0 Å². The summed E-state index contributed by atoms with van der Waals surface area (Å²) in [6.07, 6.45) is 1.65. The van der Waals surface area contributed by atoms with Gasteiger partial charge < -0.3 is 10.2 Å². The van der Waals surface area contributed by atoms with E-state index in [1.807, 2.05) is 48.7 Å². The summed E-state index contributed by atoms with van der Waals surface area (Å²) in [6.45, 7) is 5.73. The second-order valence-electron chi connectivity index (χ2n) is 7.32. The molecule has 3 aromatic rings. The number of benzene rings is 1. The van der Waals surface area contributed by atoms with E-state index in [0.717, 1.165) is 53.6 Å². The first kappa shape index (κ1) is 18.6. The fraction of sp³-hybridized carbons (Fsp3) is 0.318. The first-order valence-electron chi connectivity index (χ1n) is 9.61. The summed E-state index contributed by atoms with van der Waals surface area (Å²) in [7, 11) is 0. The molecule has 1 saturated heterocycles. The number of rotatable bonds is 4. The molecule has 1 aliphatic rings. The van der Waals surface area contributed by atoms with Gasteiger partial charge in [0.25, 0.3) is 0 Å². The average molecular weight is 393 g/mol. The smallest absolute Gasteiger partial charge is 0.227 e. The van der Waals surface area contributed by atoms with Crippen LogP contribution in [0.4, 0.5) is 11.5 Å². The van der Waals surface area contributed by atoms with Crippen molar-refractivity contribution in [1.29, 1.82) is 0 Å². The number of amides is 1. The lowest BCUT2D eigenvalue weighted by Gasteiger charge is -2.32. The molecule has 1 aromatic carbocycles. The van der Waals surface area contributed by atoms with Gasteiger partial charge in [0.15, 0.2) is 5.82 Å². The molecule has 0 atom stereocenters. The van der Waals surface area contributed by atoms with Crippen molar-refractivity contribution in [2.45, 2.75) is 26.7 Å². The molecule has 0 spiro atoms. The quantitative estimate of drug-likeness (QED) is 0.701. The lowest BCUT2D eigenvalue weighted by atomic mass is 9.95. The number of carbonyl (C=O) groups is 1. The normalized spacial score (nSPS) is 14.9. The Morgan fingerprint density at radius 3 is 2.57 bits per heavy atom. The summed E-state index contributed by atoms with van der Waals surface area (Å²) in [5, 5.41) is 13.9. The molecule has 28 heavy (non-hydrogen) atoms. The van der Waals surface area contributed by atoms with Crippen LogP contribution in [0.25, 0.3) is 10.6 Å². The maximum atomic E-state index is 12.7. The van der Waals surface area contributed by atoms with Gasteiger partial charge in [-0.15, -0.1) is 21.5 Å². The number of anilines is 2. The number of nitrogens with zero attached hydrogens (tertiary/aromatic N) is 3. The van der Waals surface area contributed by atoms with Crippen LogP contribution in [0, 0.1) is 19.8 Å². The van der Waals surface area contributed by atoms with Gasteiger partial charge in [-0.05, 0) is 61.9 Å². The molecule has 0 radical (unpaired) electrons. The third-order valence-electron chi connectivity index (χ3n) is 5.25. The summed E-state index contributed by atoms with van der Waals surface area (Å²) < 4.78 is 0. The van der Waals surface area contributed by atoms with E-state index in [-0.39, 0.29) is 11.8 Å². The first-order valence-corrected chi connectivity index (χ1v) is 10.5. The van der Waals surface area contributed by atoms with Crippen molar-refractivity contribution in [3.63, 3.8) is 0 Å². The van der Waals surface area contributed by atoms with E-state index < -0.39 is 0 Å². The van der Waals surface area contributed by atoms with E-state index in [1.165, 1.54) is 5.56 Å². The Morgan fingerprint density at radius 2 is 1.93 bits per heavy atom. The van der Waals surface area contributed by atoms with Gasteiger partial charge in [-0.1, -0.05) is 23.8 Å². The Bertz CT molecular complexity index is 945. The minimum Gasteiger partial charge on any atom is -0.355 e. The number of aryl methyl sites for hydroxylation is 2. The number of carbonyl (C=O) groups excluding carboxylic acids is 1. The van der Waals surface area contributed by atoms with Crippen molar-refractivity contribution in [3.8, 4) is 10.6 Å². The van der Waals surface area contributed by atoms with Crippen molar-refractivity contribution in [2.24, 2.45) is 5.92 Å². The van der Waals surface area contributed by atoms with Crippen LogP contribution >= 0.6 is 11.3 Å². The van der Waals surface area contributed by atoms with Gasteiger partial charge in [-0.2, -0.15) is 0 Å². The molecule has 1 aliphatic heterocycles. The molecular formula is C22H24N4OS. The first-order chi connectivity index (χ1) is 13.6. The van der Waals surface area contributed by atoms with Gasteiger partial charge in [0.05, 0.1) is 4.88 Å². The highest BCUT2D eigenvalue weighted by molar-refractivity contribution is 7.13. The van der Waals surface area contributed by atoms with Gasteiger partial charge in [0, 0.05) is 24.7 Å². The van der Waals surface area contributed by atoms with Gasteiger partial charge in [0.2, 0.25) is 5.91 Å². The summed E-state index contributed by atoms with van der Waals surface area (Å²) in [4.78, 5) is 16.0. The van der Waals surface area contributed by atoms with Crippen LogP contribution in [0.15, 0.2) is 47.8 Å². The minimum atomic E-state index is 0.0373. The molecule has 0 saturated carbocycles. The van der Waals surface area contributed by atoms with Crippen LogP contribution in [0.2, 0.25) is 0 Å². The number of thiophene rings is 1. The molecule has 1 fully saturated rings. The molecule has 0 bridgehead atoms. The molecule has 4 rings (SSSR count). The fourth-order valence-electron chi connectivity index (χ4n) is 3.61. The van der Waals surface area contributed by atoms with Gasteiger partial charge in [-0.3, -0.25) is 4.79 Å². The Labute approximate surface area is 169 Å². The highest BCUT2D eigenvalue weighted by Crippen LogP contribution is 2.26. The SMILES string of the molecule is Cc1ccc(NC(=O)C2CCN(c3ccc(-c4cccs4)nn3)CC2)c(C)c1. The predicted octanol–water partition coefficient (Wildman–Crippen LogP) is 4.68. The van der Waals surface area contributed by atoms with Gasteiger partial charge in [0.1, 0.15) is 5.69 Å². The monoisotopic (exact) mass is 392 g/mol. The van der Waals surface area contributed by atoms with E-state index in [1.54, 1.807) is 11.3 Å². The third kappa shape index (κ3) is 4.07. The van der Waals surface area contributed by atoms with Crippen LogP contribution in [0.1, 0.15) is 24.0 Å². The second kappa shape index (κ2) is 8.10. The molecule has 144 valence electrons. The molecule has 1 amide bonds. The summed E-state index contributed by atoms with van der Waals surface area (Å²) >= 11 is 1.66. The minimum absolute atomic E-state index is 0.0373. The lowest BCUT2D eigenvalue weighted by Crippen LogP contribution is -2.38. The Morgan fingerprint density at radius 1 is 1.11 bits per heavy atom. The van der Waals surface area contributed by atoms with Gasteiger partial charge in [-0.25, -0.2) is 0 Å². The number of nitrogens with one attached hydrogen (secondary N) is 1. The van der Waals surface area contributed by atoms with Crippen LogP contribution in [-0.4, -0.2) is 29.2 Å². The number of aromatic nitrogens is 2. The maximum Gasteiger partial charge on any atom is 0.227 e. The van der Waals surface area contributed by atoms with Gasteiger partial charge >= 0.3 is 0 Å². The number of hydrogen-bond acceptors (Lipinski definition) is 5. The second-order valence-corrected chi connectivity index (χ2v) is 8.27. The summed E-state index contributed by atoms with van der Waals surface area (Å²) in [6, 6.07) is 14.2. The van der Waals surface area contributed by atoms with E-state index in [0.29, 0.717) is 0 Å². The van der Waals surface area contributed by atoms with Crippen molar-refractivity contribution in [2.75, 3.05) is 23.3 Å². The lowest BCUT2D eigenvalue weighted by molar-refractivity contribution is -0.120. The number of hydrogen-bond donors (Lipinski definition) is 1. The Balaban J connectivity index is 1.34. The van der Waals surface area contributed by atoms with Crippen LogP contribution in [0.5, 0.6) is 0 Å². The molecule has 0 aliphatic carbocycles. The van der Waals surface area contributed by atoms with E-state index >= 15 is 0 Å². The maximum absolute atomic E-state index is 12.7. The third-order valence-corrected chi connectivity index (χ3v) is 6.15. The van der Waals surface area contributed by atoms with E-state index in [9.17, 15) is 4.79 Å². The molecular weight excluding hydrogens is 368 g/mol. The Hall–Kier alpha value is -2.73. The highest BCUT2D eigenvalue weighted by atomic mass is 32.1. The average Bonchev–Trinajstić information content (AvgIpc) is 3.25. The van der Waals surface area contributed by atoms with Crippen molar-refractivity contribution in [1.82, 2.24) is 10.2 Å². The standard InChI is InChI=1S/C22H24N4OS/c1-15-5-6-18(16(2)14-15)23-22(27)17-9-11-26(12-10-17)21-8-7-19(24-25-21)20-4-3-13-28-20/h3-8,13-14,17H,9-12H2,1-2H3,(H,23,27). The van der Waals surface area contributed by atoms with Crippen LogP contribution < -0.4 is 10.2 Å². The fourth-order valence-corrected chi connectivity index (χ4v) is 4.30. The zero-order valence-corrected chi connectivity index (χ0v) is 17.0. The van der Waals surface area contributed by atoms with Crippen molar-refractivity contribution < 1.29 is 4.79 Å². The number of piperidine rings is 1. The predicted molar refractivity (Wildman–Crippen MR) is 115 cm³/mol. The molecule has 0 unspecified atom stereocenters. The van der Waals surface area contributed by atoms with Crippen molar-refractivity contribution >= 4 is 28.7 Å². The van der Waals surface area contributed by atoms with E-state index in [4.69, 9.17) is 0 Å². The molecule has 5 nitrogen and oxygen atoms in total. The zero-order chi connectivity index (χ0) is 19.5. The zero-order valence-electron chi connectivity index (χ0n) is 16.2. The summed E-state index contributed by atoms with van der Waals surface area (Å²) in [5.74, 6) is 1.04. The molecule has 3 heterocycles. The van der Waals surface area contributed by atoms with E-state index in [2.05, 4.69) is 33.4 Å².